The van der Waals surface area contributed by atoms with Crippen LogP contribution >= 0.6 is 15.9 Å². The van der Waals surface area contributed by atoms with Crippen LogP contribution in [-0.4, -0.2) is 11.4 Å². The van der Waals surface area contributed by atoms with E-state index in [4.69, 9.17) is 4.74 Å². The molecule has 1 rings (SSSR count). The van der Waals surface area contributed by atoms with Gasteiger partial charge in [0.05, 0.1) is 12.9 Å². The van der Waals surface area contributed by atoms with E-state index in [1.54, 1.807) is 7.11 Å². The molecule has 0 fully saturated rings. The number of hydrogen-bond acceptors (Lipinski definition) is 1. The van der Waals surface area contributed by atoms with Gasteiger partial charge in [0.2, 0.25) is 0 Å². The molecule has 1 atom stereocenters. The van der Waals surface area contributed by atoms with Crippen LogP contribution in [0.1, 0.15) is 13.3 Å². The van der Waals surface area contributed by atoms with Gasteiger partial charge in [-0.25, -0.2) is 0 Å². The highest BCUT2D eigenvalue weighted by Gasteiger charge is 2.20. The lowest BCUT2D eigenvalue weighted by atomic mass is 10.0. The second-order valence-corrected chi connectivity index (χ2v) is 4.46. The first-order valence-corrected chi connectivity index (χ1v) is 4.05. The Hall–Kier alpha value is -0.240. The molecule has 0 aromatic heterocycles. The summed E-state index contributed by atoms with van der Waals surface area (Å²) >= 11 is 3.57. The van der Waals surface area contributed by atoms with E-state index in [0.717, 1.165) is 12.2 Å². The molecule has 1 aliphatic rings. The third-order valence-electron chi connectivity index (χ3n) is 1.51. The van der Waals surface area contributed by atoms with Crippen LogP contribution in [0.4, 0.5) is 0 Å². The van der Waals surface area contributed by atoms with Crippen molar-refractivity contribution in [3.63, 3.8) is 0 Å². The zero-order valence-corrected chi connectivity index (χ0v) is 7.81. The summed E-state index contributed by atoms with van der Waals surface area (Å²) in [6.45, 7) is 2.12. The fourth-order valence-corrected chi connectivity index (χ4v) is 1.38. The van der Waals surface area contributed by atoms with Gasteiger partial charge in [0.1, 0.15) is 0 Å². The number of allylic oxidation sites excluding steroid dienone is 4. The van der Waals surface area contributed by atoms with Crippen LogP contribution in [0.5, 0.6) is 0 Å². The van der Waals surface area contributed by atoms with E-state index in [0.29, 0.717) is 0 Å². The topological polar surface area (TPSA) is 9.23 Å². The van der Waals surface area contributed by atoms with E-state index >= 15 is 0 Å². The van der Waals surface area contributed by atoms with Crippen LogP contribution in [0, 0.1) is 0 Å². The minimum atomic E-state index is 0.0904. The molecular weight excluding hydrogens is 192 g/mol. The zero-order valence-electron chi connectivity index (χ0n) is 6.23. The van der Waals surface area contributed by atoms with E-state index in [2.05, 4.69) is 28.9 Å². The molecule has 0 saturated heterocycles. The smallest absolute Gasteiger partial charge is 0.0972 e. The Bertz CT molecular complexity index is 180. The molecule has 0 aromatic carbocycles. The van der Waals surface area contributed by atoms with E-state index in [1.807, 2.05) is 12.2 Å². The Morgan fingerprint density at radius 2 is 2.40 bits per heavy atom. The van der Waals surface area contributed by atoms with Gasteiger partial charge in [-0.3, -0.25) is 0 Å². The van der Waals surface area contributed by atoms with Gasteiger partial charge in [-0.05, 0) is 13.0 Å². The highest BCUT2D eigenvalue weighted by molar-refractivity contribution is 9.10. The number of methoxy groups -OCH3 is 1. The van der Waals surface area contributed by atoms with Gasteiger partial charge in [-0.1, -0.05) is 28.1 Å². The summed E-state index contributed by atoms with van der Waals surface area (Å²) in [6.07, 6.45) is 7.05. The van der Waals surface area contributed by atoms with E-state index in [1.165, 1.54) is 0 Å². The Morgan fingerprint density at radius 1 is 1.70 bits per heavy atom. The first kappa shape index (κ1) is 7.86. The fourth-order valence-electron chi connectivity index (χ4n) is 0.955. The van der Waals surface area contributed by atoms with Crippen molar-refractivity contribution >= 4 is 15.9 Å². The molecule has 0 aromatic rings. The maximum Gasteiger partial charge on any atom is 0.0972 e. The molecule has 0 N–H and O–H groups in total. The molecule has 0 aliphatic heterocycles. The third-order valence-corrected chi connectivity index (χ3v) is 2.05. The molecule has 0 saturated carbocycles. The molecule has 56 valence electrons. The largest absolute Gasteiger partial charge is 0.501 e. The second-order valence-electron chi connectivity index (χ2n) is 2.65. The molecule has 1 nitrogen and oxygen atoms in total. The lowest BCUT2D eigenvalue weighted by molar-refractivity contribution is 0.271. The summed E-state index contributed by atoms with van der Waals surface area (Å²) in [5.41, 5.74) is 0. The standard InChI is InChI=1S/C8H11BrO/c1-8(9)5-3-4-7(6-8)10-2/h3-5H,6H2,1-2H3. The first-order valence-electron chi connectivity index (χ1n) is 3.25. The third kappa shape index (κ3) is 1.87. The molecule has 0 radical (unpaired) electrons. The predicted molar refractivity (Wildman–Crippen MR) is 46.2 cm³/mol. The van der Waals surface area contributed by atoms with Gasteiger partial charge < -0.3 is 4.74 Å². The molecule has 2 heteroatoms. The maximum atomic E-state index is 5.11. The summed E-state index contributed by atoms with van der Waals surface area (Å²) in [5.74, 6) is 1.03. The average molecular weight is 203 g/mol. The highest BCUT2D eigenvalue weighted by atomic mass is 79.9. The zero-order chi connectivity index (χ0) is 7.61. The number of halogens is 1. The van der Waals surface area contributed by atoms with Crippen molar-refractivity contribution in [1.82, 2.24) is 0 Å². The lowest BCUT2D eigenvalue weighted by Gasteiger charge is -2.21. The number of alkyl halides is 1. The van der Waals surface area contributed by atoms with Crippen LogP contribution in [0.2, 0.25) is 0 Å². The van der Waals surface area contributed by atoms with Gasteiger partial charge in [0.15, 0.2) is 0 Å². The van der Waals surface area contributed by atoms with E-state index in [-0.39, 0.29) is 4.32 Å². The second kappa shape index (κ2) is 2.79. The number of hydrogen-bond donors (Lipinski definition) is 0. The number of rotatable bonds is 1. The molecule has 0 bridgehead atoms. The summed E-state index contributed by atoms with van der Waals surface area (Å²) in [4.78, 5) is 0. The van der Waals surface area contributed by atoms with Gasteiger partial charge in [-0.15, -0.1) is 0 Å². The normalized spacial score (nSPS) is 31.7. The number of ether oxygens (including phenoxy) is 1. The SMILES string of the molecule is COC1=CC=CC(C)(Br)C1. The maximum absolute atomic E-state index is 5.11. The first-order chi connectivity index (χ1) is 4.64. The molecule has 1 unspecified atom stereocenters. The summed E-state index contributed by atoms with van der Waals surface area (Å²) in [5, 5.41) is 0. The van der Waals surface area contributed by atoms with Gasteiger partial charge in [0, 0.05) is 10.7 Å². The molecule has 1 aliphatic carbocycles. The van der Waals surface area contributed by atoms with E-state index in [9.17, 15) is 0 Å². The quantitative estimate of drug-likeness (QED) is 0.595. The monoisotopic (exact) mass is 202 g/mol. The van der Waals surface area contributed by atoms with Crippen molar-refractivity contribution in [1.29, 1.82) is 0 Å². The Kier molecular flexibility index (Phi) is 2.19. The van der Waals surface area contributed by atoms with Gasteiger partial charge >= 0.3 is 0 Å². The Labute approximate surface area is 69.9 Å². The van der Waals surface area contributed by atoms with Crippen LogP contribution in [-0.2, 0) is 4.74 Å². The minimum absolute atomic E-state index is 0.0904. The van der Waals surface area contributed by atoms with E-state index < -0.39 is 0 Å². The average Bonchev–Trinajstić information content (AvgIpc) is 1.86. The minimum Gasteiger partial charge on any atom is -0.501 e. The molecular formula is C8H11BrO. The van der Waals surface area contributed by atoms with Crippen molar-refractivity contribution < 1.29 is 4.74 Å². The highest BCUT2D eigenvalue weighted by Crippen LogP contribution is 2.30. The lowest BCUT2D eigenvalue weighted by Crippen LogP contribution is -2.15. The van der Waals surface area contributed by atoms with Crippen LogP contribution in [0.3, 0.4) is 0 Å². The molecule has 0 spiro atoms. The van der Waals surface area contributed by atoms with Crippen molar-refractivity contribution in [2.45, 2.75) is 17.7 Å². The Morgan fingerprint density at radius 3 is 2.80 bits per heavy atom. The van der Waals surface area contributed by atoms with Crippen LogP contribution in [0.15, 0.2) is 24.0 Å². The molecule has 0 heterocycles. The predicted octanol–water partition coefficient (Wildman–Crippen LogP) is 2.63. The van der Waals surface area contributed by atoms with Crippen molar-refractivity contribution in [2.24, 2.45) is 0 Å². The summed E-state index contributed by atoms with van der Waals surface area (Å²) in [7, 11) is 1.70. The van der Waals surface area contributed by atoms with Crippen molar-refractivity contribution in [3.05, 3.63) is 24.0 Å². The summed E-state index contributed by atoms with van der Waals surface area (Å²) in [6, 6.07) is 0. The Balaban J connectivity index is 2.68. The molecule has 0 amide bonds. The fraction of sp³-hybridized carbons (Fsp3) is 0.500. The van der Waals surface area contributed by atoms with Crippen molar-refractivity contribution in [3.8, 4) is 0 Å². The summed E-state index contributed by atoms with van der Waals surface area (Å²) < 4.78 is 5.20. The molecule has 10 heavy (non-hydrogen) atoms. The van der Waals surface area contributed by atoms with Gasteiger partial charge in [0.25, 0.3) is 0 Å². The van der Waals surface area contributed by atoms with Crippen LogP contribution < -0.4 is 0 Å². The van der Waals surface area contributed by atoms with Crippen LogP contribution in [0.25, 0.3) is 0 Å². The van der Waals surface area contributed by atoms with Crippen molar-refractivity contribution in [2.75, 3.05) is 7.11 Å². The van der Waals surface area contributed by atoms with Gasteiger partial charge in [-0.2, -0.15) is 0 Å².